The monoisotopic (exact) mass is 332 g/mol. The van der Waals surface area contributed by atoms with Gasteiger partial charge < -0.3 is 11.7 Å². The van der Waals surface area contributed by atoms with Crippen LogP contribution in [0.25, 0.3) is 0 Å². The van der Waals surface area contributed by atoms with E-state index in [4.69, 9.17) is 22.7 Å². The summed E-state index contributed by atoms with van der Waals surface area (Å²) in [5, 5.41) is 14.1. The highest BCUT2D eigenvalue weighted by molar-refractivity contribution is 8.14. The van der Waals surface area contributed by atoms with Gasteiger partial charge in [0.25, 0.3) is 0 Å². The predicted molar refractivity (Wildman–Crippen MR) is 90.6 cm³/mol. The maximum atomic E-state index is 7.02. The molecule has 0 aliphatic carbocycles. The van der Waals surface area contributed by atoms with E-state index in [-0.39, 0.29) is 15.8 Å². The number of amidine groups is 2. The van der Waals surface area contributed by atoms with Gasteiger partial charge >= 0.3 is 0 Å². The summed E-state index contributed by atoms with van der Waals surface area (Å²) in [6.07, 6.45) is 0. The molecule has 0 aromatic heterocycles. The summed E-state index contributed by atoms with van der Waals surface area (Å²) in [6.45, 7) is 8.59. The van der Waals surface area contributed by atoms with E-state index in [0.29, 0.717) is 23.3 Å². The largest absolute Gasteiger partial charge is 0.321 e. The summed E-state index contributed by atoms with van der Waals surface area (Å²) in [7, 11) is 0. The first-order valence-electron chi connectivity index (χ1n) is 6.44. The van der Waals surface area contributed by atoms with E-state index in [1.807, 2.05) is 0 Å². The van der Waals surface area contributed by atoms with Crippen molar-refractivity contribution in [1.29, 1.82) is 11.1 Å². The molecule has 8 nitrogen and oxygen atoms in total. The molecule has 6 N–H and O–H groups in total. The summed E-state index contributed by atoms with van der Waals surface area (Å²) in [6, 6.07) is 0. The average molecular weight is 333 g/mol. The number of hydrazone groups is 2. The number of thioether (sulfide) groups is 2. The van der Waals surface area contributed by atoms with E-state index in [9.17, 15) is 0 Å². The van der Waals surface area contributed by atoms with Gasteiger partial charge in [-0.05, 0) is 17.3 Å². The molecule has 10 heteroatoms. The minimum absolute atomic E-state index is 0.0728. The van der Waals surface area contributed by atoms with Crippen molar-refractivity contribution in [2.24, 2.45) is 49.4 Å². The van der Waals surface area contributed by atoms with Gasteiger partial charge in [0.1, 0.15) is 0 Å². The lowest BCUT2D eigenvalue weighted by Gasteiger charge is -2.40. The van der Waals surface area contributed by atoms with E-state index in [1.54, 1.807) is 0 Å². The second-order valence-electron chi connectivity index (χ2n) is 5.17. The third kappa shape index (κ3) is 5.62. The number of nitrogens with zero attached hydrogens (tertiary/aromatic N) is 4. The van der Waals surface area contributed by atoms with Crippen molar-refractivity contribution in [3.8, 4) is 0 Å². The quantitative estimate of drug-likeness (QED) is 0.194. The van der Waals surface area contributed by atoms with Crippen molar-refractivity contribution in [2.75, 3.05) is 11.5 Å². The first-order valence-corrected chi connectivity index (χ1v) is 8.41. The molecule has 0 atom stereocenters. The molecule has 0 aromatic carbocycles. The normalized spacial score (nSPS) is 13.8. The van der Waals surface area contributed by atoms with Gasteiger partial charge in [-0.2, -0.15) is 10.2 Å². The maximum Gasteiger partial charge on any atom is 0.226 e. The lowest BCUT2D eigenvalue weighted by atomic mass is 9.72. The van der Waals surface area contributed by atoms with Crippen molar-refractivity contribution >= 4 is 33.9 Å². The second kappa shape index (κ2) is 9.72. The van der Waals surface area contributed by atoms with Gasteiger partial charge in [0.05, 0.1) is 0 Å². The molecule has 21 heavy (non-hydrogen) atoms. The summed E-state index contributed by atoms with van der Waals surface area (Å²) in [5.41, 5.74) is 14.0. The van der Waals surface area contributed by atoms with Crippen LogP contribution in [0.5, 0.6) is 0 Å². The summed E-state index contributed by atoms with van der Waals surface area (Å²) < 4.78 is 0. The van der Waals surface area contributed by atoms with Crippen LogP contribution in [0.3, 0.4) is 0 Å². The van der Waals surface area contributed by atoms with Gasteiger partial charge in [-0.15, -0.1) is 10.2 Å². The third-order valence-corrected chi connectivity index (χ3v) is 5.93. The fourth-order valence-electron chi connectivity index (χ4n) is 1.97. The fraction of sp³-hybridized carbons (Fsp3) is 0.818. The lowest BCUT2D eigenvalue weighted by Crippen LogP contribution is -2.39. The minimum Gasteiger partial charge on any atom is -0.321 e. The first kappa shape index (κ1) is 19.8. The number of nitrogens with two attached hydrogens (primary N) is 2. The van der Waals surface area contributed by atoms with Crippen LogP contribution in [0.1, 0.15) is 27.7 Å². The Morgan fingerprint density at radius 2 is 1.24 bits per heavy atom. The molecule has 0 aliphatic rings. The molecule has 0 radical (unpaired) electrons. The Bertz CT molecular complexity index is 367. The van der Waals surface area contributed by atoms with Crippen molar-refractivity contribution in [2.45, 2.75) is 27.7 Å². The summed E-state index contributed by atoms with van der Waals surface area (Å²) in [5.74, 6) is 12.6. The first-order chi connectivity index (χ1) is 9.87. The van der Waals surface area contributed by atoms with Gasteiger partial charge in [0.2, 0.25) is 10.3 Å². The Labute approximate surface area is 134 Å². The summed E-state index contributed by atoms with van der Waals surface area (Å²) >= 11 is 2.72. The smallest absolute Gasteiger partial charge is 0.226 e. The van der Waals surface area contributed by atoms with E-state index in [2.05, 4.69) is 48.1 Å². The molecular weight excluding hydrogens is 308 g/mol. The van der Waals surface area contributed by atoms with Crippen LogP contribution in [0.2, 0.25) is 0 Å². The Kier molecular flexibility index (Phi) is 9.18. The van der Waals surface area contributed by atoms with Gasteiger partial charge in [-0.1, -0.05) is 51.2 Å². The lowest BCUT2D eigenvalue weighted by molar-refractivity contribution is 0.179. The predicted octanol–water partition coefficient (Wildman–Crippen LogP) is 3.27. The van der Waals surface area contributed by atoms with E-state index in [1.165, 1.54) is 23.5 Å². The number of hydrogen-bond donors (Lipinski definition) is 4. The number of rotatable bonds is 6. The number of hydrogen-bond acceptors (Lipinski definition) is 8. The number of nitrogens with one attached hydrogen (secondary N) is 2. The van der Waals surface area contributed by atoms with Gasteiger partial charge in [-0.3, -0.25) is 0 Å². The zero-order valence-corrected chi connectivity index (χ0v) is 14.5. The van der Waals surface area contributed by atoms with E-state index in [0.717, 1.165) is 0 Å². The van der Waals surface area contributed by atoms with Crippen LogP contribution in [0.15, 0.2) is 20.4 Å². The van der Waals surface area contributed by atoms with Gasteiger partial charge in [-0.25, -0.2) is 11.1 Å². The van der Waals surface area contributed by atoms with E-state index < -0.39 is 0 Å². The van der Waals surface area contributed by atoms with Gasteiger partial charge in [0, 0.05) is 11.5 Å². The molecule has 0 aromatic rings. The van der Waals surface area contributed by atoms with Crippen molar-refractivity contribution in [3.63, 3.8) is 0 Å². The fourth-order valence-corrected chi connectivity index (χ4v) is 4.71. The SMILES string of the molecule is CC(C)C(CSC(N=N)=NN)(CSC(N=N)=NN)C(C)C. The van der Waals surface area contributed by atoms with Crippen molar-refractivity contribution in [3.05, 3.63) is 0 Å². The Morgan fingerprint density at radius 1 is 0.905 bits per heavy atom. The Balaban J connectivity index is 5.17. The molecular formula is C11H24N8S2. The highest BCUT2D eigenvalue weighted by Crippen LogP contribution is 2.42. The maximum absolute atomic E-state index is 7.02. The van der Waals surface area contributed by atoms with Crippen LogP contribution >= 0.6 is 23.5 Å². The molecule has 0 saturated heterocycles. The molecule has 0 amide bonds. The molecule has 0 rings (SSSR count). The average Bonchev–Trinajstić information content (AvgIpc) is 2.46. The molecule has 0 fully saturated rings. The standard InChI is InChI=1S/C11H24N8S2/c1-7(2)11(8(3)4,5-20-9(16-12)17-13)6-21-10(18-14)19-15/h7-8,12,14H,5-6,13,15H2,1-4H3. The topological polar surface area (TPSA) is 149 Å². The molecule has 0 unspecified atom stereocenters. The molecule has 0 spiro atoms. The highest BCUT2D eigenvalue weighted by Gasteiger charge is 2.38. The second-order valence-corrected chi connectivity index (χ2v) is 7.05. The van der Waals surface area contributed by atoms with Crippen LogP contribution in [-0.4, -0.2) is 21.8 Å². The Hall–Kier alpha value is -1.16. The van der Waals surface area contributed by atoms with Crippen molar-refractivity contribution < 1.29 is 0 Å². The van der Waals surface area contributed by atoms with Crippen LogP contribution < -0.4 is 11.7 Å². The zero-order valence-electron chi connectivity index (χ0n) is 12.8. The van der Waals surface area contributed by atoms with Crippen LogP contribution in [0.4, 0.5) is 0 Å². The molecule has 0 bridgehead atoms. The zero-order chi connectivity index (χ0) is 16.5. The third-order valence-electron chi connectivity index (χ3n) is 3.65. The van der Waals surface area contributed by atoms with E-state index >= 15 is 0 Å². The molecule has 120 valence electrons. The molecule has 0 aliphatic heterocycles. The Morgan fingerprint density at radius 3 is 1.43 bits per heavy atom. The molecule has 0 heterocycles. The minimum atomic E-state index is -0.0728. The van der Waals surface area contributed by atoms with Gasteiger partial charge in [0.15, 0.2) is 0 Å². The molecule has 0 saturated carbocycles. The van der Waals surface area contributed by atoms with Crippen LogP contribution in [0, 0.1) is 28.3 Å². The highest BCUT2D eigenvalue weighted by atomic mass is 32.2. The van der Waals surface area contributed by atoms with Crippen molar-refractivity contribution in [1.82, 2.24) is 0 Å². The summed E-state index contributed by atoms with van der Waals surface area (Å²) in [4.78, 5) is 0. The van der Waals surface area contributed by atoms with Crippen LogP contribution in [-0.2, 0) is 0 Å².